The smallest absolute Gasteiger partial charge is 0.305 e. The second-order valence-electron chi connectivity index (χ2n) is 7.22. The molecule has 2 aromatic carbocycles. The van der Waals surface area contributed by atoms with Gasteiger partial charge in [-0.05, 0) is 84.2 Å². The molecule has 0 radical (unpaired) electrons. The fraction of sp³-hybridized carbons (Fsp3) is 0.391. The highest BCUT2D eigenvalue weighted by Gasteiger charge is 2.19. The van der Waals surface area contributed by atoms with Crippen LogP contribution in [0.25, 0.3) is 0 Å². The summed E-state index contributed by atoms with van der Waals surface area (Å²) in [6.07, 6.45) is 4.27. The van der Waals surface area contributed by atoms with E-state index in [1.165, 1.54) is 13.5 Å². The predicted octanol–water partition coefficient (Wildman–Crippen LogP) is 4.93. The molecule has 0 aromatic heterocycles. The first kappa shape index (κ1) is 22.4. The molecule has 1 fully saturated rings. The van der Waals surface area contributed by atoms with Crippen LogP contribution in [0.5, 0.6) is 5.75 Å². The Morgan fingerprint density at radius 3 is 2.63 bits per heavy atom. The van der Waals surface area contributed by atoms with E-state index in [1.54, 1.807) is 0 Å². The maximum Gasteiger partial charge on any atom is 0.305 e. The number of likely N-dealkylation sites (tertiary alicyclic amines) is 1. The number of hydrogen-bond acceptors (Lipinski definition) is 5. The highest BCUT2D eigenvalue weighted by Crippen LogP contribution is 2.30. The molecule has 7 heteroatoms. The van der Waals surface area contributed by atoms with Gasteiger partial charge >= 0.3 is 5.97 Å². The van der Waals surface area contributed by atoms with Crippen molar-refractivity contribution < 1.29 is 19.1 Å². The minimum Gasteiger partial charge on any atom is -0.481 e. The Balaban J connectivity index is 1.75. The van der Waals surface area contributed by atoms with Crippen molar-refractivity contribution in [3.63, 3.8) is 0 Å². The van der Waals surface area contributed by atoms with E-state index >= 15 is 0 Å². The van der Waals surface area contributed by atoms with Gasteiger partial charge in [-0.2, -0.15) is 0 Å². The van der Waals surface area contributed by atoms with Gasteiger partial charge < -0.3 is 19.7 Å². The second kappa shape index (κ2) is 11.2. The van der Waals surface area contributed by atoms with E-state index in [0.29, 0.717) is 28.8 Å². The number of hydrogen-bond donors (Lipinski definition) is 1. The lowest BCUT2D eigenvalue weighted by Gasteiger charge is -2.27. The average molecular weight is 522 g/mol. The molecule has 160 valence electrons. The summed E-state index contributed by atoms with van der Waals surface area (Å²) in [4.78, 5) is 26.1. The van der Waals surface area contributed by atoms with Gasteiger partial charge in [0.1, 0.15) is 10.4 Å². The van der Waals surface area contributed by atoms with Crippen molar-refractivity contribution in [1.82, 2.24) is 4.90 Å². The van der Waals surface area contributed by atoms with Crippen LogP contribution in [0.1, 0.15) is 41.6 Å². The summed E-state index contributed by atoms with van der Waals surface area (Å²) in [7, 11) is 1.40. The zero-order valence-corrected chi connectivity index (χ0v) is 19.3. The van der Waals surface area contributed by atoms with Gasteiger partial charge in [-0.25, -0.2) is 0 Å². The first-order chi connectivity index (χ1) is 14.6. The number of benzene rings is 2. The Kier molecular flexibility index (Phi) is 8.36. The lowest BCUT2D eigenvalue weighted by atomic mass is 10.1. The Morgan fingerprint density at radius 2 is 1.90 bits per heavy atom. The van der Waals surface area contributed by atoms with Gasteiger partial charge in [0.05, 0.1) is 12.8 Å². The molecule has 1 aliphatic heterocycles. The third kappa shape index (κ3) is 6.10. The molecule has 0 unspecified atom stereocenters. The van der Waals surface area contributed by atoms with Crippen molar-refractivity contribution in [2.24, 2.45) is 0 Å². The quantitative estimate of drug-likeness (QED) is 0.303. The number of nitrogens with zero attached hydrogens (tertiary/aromatic N) is 1. The SMILES string of the molecule is COC(=O)CCc1cccc(Nc2ccc(C(=O)N3CCCCC3)cc2OCI)c1. The van der Waals surface area contributed by atoms with Crippen molar-refractivity contribution in [3.8, 4) is 5.75 Å². The number of ether oxygens (including phenoxy) is 2. The van der Waals surface area contributed by atoms with Crippen LogP contribution in [0.2, 0.25) is 0 Å². The number of halogens is 1. The fourth-order valence-electron chi connectivity index (χ4n) is 3.52. The van der Waals surface area contributed by atoms with E-state index in [4.69, 9.17) is 9.47 Å². The van der Waals surface area contributed by atoms with Crippen LogP contribution in [0.15, 0.2) is 42.5 Å². The van der Waals surface area contributed by atoms with Crippen LogP contribution >= 0.6 is 22.6 Å². The maximum absolute atomic E-state index is 12.8. The lowest BCUT2D eigenvalue weighted by Crippen LogP contribution is -2.35. The number of methoxy groups -OCH3 is 1. The number of rotatable bonds is 8. The molecule has 0 aliphatic carbocycles. The molecule has 1 heterocycles. The molecule has 1 aliphatic rings. The summed E-state index contributed by atoms with van der Waals surface area (Å²) < 4.78 is 11.0. The molecule has 1 saturated heterocycles. The van der Waals surface area contributed by atoms with E-state index in [1.807, 2.05) is 47.4 Å². The zero-order chi connectivity index (χ0) is 21.3. The molecular formula is C23H27IN2O4. The highest BCUT2D eigenvalue weighted by molar-refractivity contribution is 14.1. The van der Waals surface area contributed by atoms with Crippen molar-refractivity contribution in [2.45, 2.75) is 32.1 Å². The molecule has 30 heavy (non-hydrogen) atoms. The van der Waals surface area contributed by atoms with Crippen LogP contribution in [-0.4, -0.2) is 41.6 Å². The Labute approximate surface area is 191 Å². The van der Waals surface area contributed by atoms with Gasteiger partial charge in [-0.3, -0.25) is 9.59 Å². The monoisotopic (exact) mass is 522 g/mol. The van der Waals surface area contributed by atoms with Gasteiger partial charge in [0.25, 0.3) is 5.91 Å². The van der Waals surface area contributed by atoms with Crippen LogP contribution in [0, 0.1) is 0 Å². The van der Waals surface area contributed by atoms with Crippen LogP contribution in [-0.2, 0) is 16.0 Å². The normalized spacial score (nSPS) is 13.6. The number of piperidine rings is 1. The molecule has 0 atom stereocenters. The van der Waals surface area contributed by atoms with Crippen molar-refractivity contribution in [2.75, 3.05) is 30.1 Å². The molecule has 0 bridgehead atoms. The third-order valence-corrected chi connectivity index (χ3v) is 5.44. The van der Waals surface area contributed by atoms with Gasteiger partial charge in [0.2, 0.25) is 0 Å². The summed E-state index contributed by atoms with van der Waals surface area (Å²) in [6.45, 7) is 1.64. The fourth-order valence-corrected chi connectivity index (χ4v) is 3.86. The number of alkyl halides is 1. The third-order valence-electron chi connectivity index (χ3n) is 5.13. The number of aryl methyl sites for hydroxylation is 1. The van der Waals surface area contributed by atoms with Gasteiger partial charge in [0.15, 0.2) is 0 Å². The minimum absolute atomic E-state index is 0.0596. The summed E-state index contributed by atoms with van der Waals surface area (Å²) >= 11 is 2.15. The van der Waals surface area contributed by atoms with E-state index in [2.05, 4.69) is 27.9 Å². The summed E-state index contributed by atoms with van der Waals surface area (Å²) in [5.41, 5.74) is 3.38. The standard InChI is InChI=1S/C23H27IN2O4/c1-29-22(27)11-8-17-6-5-7-19(14-17)25-20-10-9-18(15-21(20)30-16-24)23(28)26-12-3-2-4-13-26/h5-7,9-10,14-15,25H,2-4,8,11-13,16H2,1H3. The highest BCUT2D eigenvalue weighted by atomic mass is 127. The summed E-state index contributed by atoms with van der Waals surface area (Å²) in [5, 5.41) is 3.38. The largest absolute Gasteiger partial charge is 0.481 e. The summed E-state index contributed by atoms with van der Waals surface area (Å²) in [6, 6.07) is 13.4. The maximum atomic E-state index is 12.8. The molecular weight excluding hydrogens is 495 g/mol. The Morgan fingerprint density at radius 1 is 1.10 bits per heavy atom. The number of nitrogens with one attached hydrogen (secondary N) is 1. The van der Waals surface area contributed by atoms with Crippen LogP contribution < -0.4 is 10.1 Å². The molecule has 1 amide bonds. The van der Waals surface area contributed by atoms with E-state index in [9.17, 15) is 9.59 Å². The van der Waals surface area contributed by atoms with Gasteiger partial charge in [0, 0.05) is 30.8 Å². The lowest BCUT2D eigenvalue weighted by molar-refractivity contribution is -0.140. The number of anilines is 2. The second-order valence-corrected chi connectivity index (χ2v) is 7.84. The number of esters is 1. The molecule has 6 nitrogen and oxygen atoms in total. The number of carbonyl (C=O) groups is 2. The van der Waals surface area contributed by atoms with Crippen molar-refractivity contribution in [3.05, 3.63) is 53.6 Å². The van der Waals surface area contributed by atoms with E-state index in [-0.39, 0.29) is 11.9 Å². The van der Waals surface area contributed by atoms with E-state index in [0.717, 1.165) is 42.9 Å². The minimum atomic E-state index is -0.222. The van der Waals surface area contributed by atoms with Crippen molar-refractivity contribution in [1.29, 1.82) is 0 Å². The Bertz CT molecular complexity index is 881. The molecule has 3 rings (SSSR count). The van der Waals surface area contributed by atoms with Crippen LogP contribution in [0.3, 0.4) is 0 Å². The first-order valence-corrected chi connectivity index (χ1v) is 11.7. The summed E-state index contributed by atoms with van der Waals surface area (Å²) in [5.74, 6) is 0.483. The first-order valence-electron chi connectivity index (χ1n) is 10.2. The zero-order valence-electron chi connectivity index (χ0n) is 17.2. The van der Waals surface area contributed by atoms with Crippen molar-refractivity contribution >= 4 is 45.8 Å². The predicted molar refractivity (Wildman–Crippen MR) is 126 cm³/mol. The average Bonchev–Trinajstić information content (AvgIpc) is 2.79. The number of amides is 1. The number of carbonyl (C=O) groups excluding carboxylic acids is 2. The molecule has 2 aromatic rings. The molecule has 1 N–H and O–H groups in total. The van der Waals surface area contributed by atoms with Gasteiger partial charge in [-0.1, -0.05) is 12.1 Å². The molecule has 0 spiro atoms. The van der Waals surface area contributed by atoms with Crippen LogP contribution in [0.4, 0.5) is 11.4 Å². The van der Waals surface area contributed by atoms with Gasteiger partial charge in [-0.15, -0.1) is 0 Å². The molecule has 0 saturated carbocycles. The van der Waals surface area contributed by atoms with E-state index < -0.39 is 0 Å². The topological polar surface area (TPSA) is 67.9 Å². The Hall–Kier alpha value is -2.29.